The smallest absolute Gasteiger partial charge is 0.126 e. The topological polar surface area (TPSA) is 50.9 Å². The number of nitrogens with one attached hydrogen (secondary N) is 1. The SMILES string of the molecule is CCCC(CC)Nc1ccc(N)cn1. The summed E-state index contributed by atoms with van der Waals surface area (Å²) in [5.74, 6) is 0.916. The van der Waals surface area contributed by atoms with E-state index < -0.39 is 0 Å². The van der Waals surface area contributed by atoms with Crippen molar-refractivity contribution in [2.75, 3.05) is 11.1 Å². The number of hydrogen-bond donors (Lipinski definition) is 2. The van der Waals surface area contributed by atoms with Gasteiger partial charge in [-0.1, -0.05) is 20.3 Å². The van der Waals surface area contributed by atoms with Crippen molar-refractivity contribution in [3.05, 3.63) is 18.3 Å². The van der Waals surface area contributed by atoms with Gasteiger partial charge in [0, 0.05) is 6.04 Å². The molecule has 0 saturated carbocycles. The van der Waals surface area contributed by atoms with E-state index in [0.717, 1.165) is 12.2 Å². The van der Waals surface area contributed by atoms with E-state index in [1.165, 1.54) is 12.8 Å². The molecule has 1 rings (SSSR count). The minimum absolute atomic E-state index is 0.524. The summed E-state index contributed by atoms with van der Waals surface area (Å²) in [5.41, 5.74) is 6.27. The Morgan fingerprint density at radius 3 is 2.71 bits per heavy atom. The van der Waals surface area contributed by atoms with Gasteiger partial charge in [-0.15, -0.1) is 0 Å². The quantitative estimate of drug-likeness (QED) is 0.755. The molecule has 0 aromatic carbocycles. The summed E-state index contributed by atoms with van der Waals surface area (Å²) in [6, 6.07) is 4.32. The lowest BCUT2D eigenvalue weighted by atomic mass is 10.1. The van der Waals surface area contributed by atoms with Crippen LogP contribution in [0.2, 0.25) is 0 Å². The first kappa shape index (κ1) is 10.8. The van der Waals surface area contributed by atoms with Gasteiger partial charge in [0.2, 0.25) is 0 Å². The molecule has 0 radical (unpaired) electrons. The lowest BCUT2D eigenvalue weighted by molar-refractivity contribution is 0.620. The van der Waals surface area contributed by atoms with Gasteiger partial charge >= 0.3 is 0 Å². The van der Waals surface area contributed by atoms with Gasteiger partial charge in [0.05, 0.1) is 11.9 Å². The Bertz CT molecular complexity index is 256. The highest BCUT2D eigenvalue weighted by Crippen LogP contribution is 2.11. The van der Waals surface area contributed by atoms with Gasteiger partial charge in [-0.05, 0) is 25.0 Å². The van der Waals surface area contributed by atoms with Crippen LogP contribution in [0.3, 0.4) is 0 Å². The first-order valence-corrected chi connectivity index (χ1v) is 5.24. The summed E-state index contributed by atoms with van der Waals surface area (Å²) >= 11 is 0. The maximum atomic E-state index is 5.56. The van der Waals surface area contributed by atoms with Gasteiger partial charge in [-0.25, -0.2) is 4.98 Å². The maximum Gasteiger partial charge on any atom is 0.126 e. The van der Waals surface area contributed by atoms with Crippen LogP contribution in [0.5, 0.6) is 0 Å². The third-order valence-electron chi connectivity index (χ3n) is 2.27. The number of nitrogens with zero attached hydrogens (tertiary/aromatic N) is 1. The van der Waals surface area contributed by atoms with Gasteiger partial charge in [0.1, 0.15) is 5.82 Å². The molecule has 0 saturated heterocycles. The summed E-state index contributed by atoms with van der Waals surface area (Å²) < 4.78 is 0. The number of rotatable bonds is 5. The summed E-state index contributed by atoms with van der Waals surface area (Å²) in [6.45, 7) is 4.38. The number of pyridine rings is 1. The van der Waals surface area contributed by atoms with Crippen molar-refractivity contribution in [1.82, 2.24) is 4.98 Å². The number of nitrogen functional groups attached to an aromatic ring is 1. The Morgan fingerprint density at radius 1 is 1.43 bits per heavy atom. The van der Waals surface area contributed by atoms with E-state index in [-0.39, 0.29) is 0 Å². The Kier molecular flexibility index (Phi) is 4.23. The second kappa shape index (κ2) is 5.47. The molecule has 0 aliphatic heterocycles. The molecule has 1 aromatic heterocycles. The fourth-order valence-corrected chi connectivity index (χ4v) is 1.43. The highest BCUT2D eigenvalue weighted by molar-refractivity contribution is 5.44. The van der Waals surface area contributed by atoms with Crippen molar-refractivity contribution in [2.45, 2.75) is 39.2 Å². The molecular weight excluding hydrogens is 174 g/mol. The van der Waals surface area contributed by atoms with Gasteiger partial charge in [-0.3, -0.25) is 0 Å². The number of anilines is 2. The minimum atomic E-state index is 0.524. The third kappa shape index (κ3) is 3.24. The summed E-state index contributed by atoms with van der Waals surface area (Å²) in [4.78, 5) is 4.21. The molecule has 1 heterocycles. The van der Waals surface area contributed by atoms with E-state index in [1.807, 2.05) is 12.1 Å². The molecule has 0 bridgehead atoms. The number of hydrogen-bond acceptors (Lipinski definition) is 3. The van der Waals surface area contributed by atoms with E-state index in [2.05, 4.69) is 24.1 Å². The standard InChI is InChI=1S/C11H19N3/c1-3-5-10(4-2)14-11-7-6-9(12)8-13-11/h6-8,10H,3-5,12H2,1-2H3,(H,13,14). The zero-order valence-electron chi connectivity index (χ0n) is 8.96. The van der Waals surface area contributed by atoms with Crippen LogP contribution < -0.4 is 11.1 Å². The van der Waals surface area contributed by atoms with Crippen molar-refractivity contribution >= 4 is 11.5 Å². The van der Waals surface area contributed by atoms with Gasteiger partial charge < -0.3 is 11.1 Å². The largest absolute Gasteiger partial charge is 0.397 e. The normalized spacial score (nSPS) is 12.4. The van der Waals surface area contributed by atoms with E-state index in [4.69, 9.17) is 5.73 Å². The second-order valence-electron chi connectivity index (χ2n) is 3.51. The van der Waals surface area contributed by atoms with E-state index in [0.29, 0.717) is 11.7 Å². The van der Waals surface area contributed by atoms with E-state index >= 15 is 0 Å². The average molecular weight is 193 g/mol. The van der Waals surface area contributed by atoms with Crippen LogP contribution in [0.25, 0.3) is 0 Å². The van der Waals surface area contributed by atoms with Crippen LogP contribution in [-0.4, -0.2) is 11.0 Å². The van der Waals surface area contributed by atoms with Crippen LogP contribution in [-0.2, 0) is 0 Å². The summed E-state index contributed by atoms with van der Waals surface area (Å²) in [5, 5.41) is 3.39. The molecular formula is C11H19N3. The zero-order chi connectivity index (χ0) is 10.4. The molecule has 0 spiro atoms. The first-order valence-electron chi connectivity index (χ1n) is 5.24. The molecule has 1 aromatic rings. The van der Waals surface area contributed by atoms with Crippen LogP contribution >= 0.6 is 0 Å². The van der Waals surface area contributed by atoms with Crippen LogP contribution in [0.15, 0.2) is 18.3 Å². The number of aromatic nitrogens is 1. The van der Waals surface area contributed by atoms with Gasteiger partial charge in [0.15, 0.2) is 0 Å². The van der Waals surface area contributed by atoms with Crippen molar-refractivity contribution < 1.29 is 0 Å². The average Bonchev–Trinajstić information content (AvgIpc) is 2.20. The lowest BCUT2D eigenvalue weighted by Gasteiger charge is -2.16. The van der Waals surface area contributed by atoms with Crippen molar-refractivity contribution in [3.8, 4) is 0 Å². The Balaban J connectivity index is 2.53. The number of nitrogens with two attached hydrogens (primary N) is 1. The predicted octanol–water partition coefficient (Wildman–Crippen LogP) is 2.65. The minimum Gasteiger partial charge on any atom is -0.397 e. The molecule has 0 amide bonds. The Hall–Kier alpha value is -1.25. The van der Waals surface area contributed by atoms with E-state index in [9.17, 15) is 0 Å². The first-order chi connectivity index (χ1) is 6.76. The van der Waals surface area contributed by atoms with Crippen molar-refractivity contribution in [1.29, 1.82) is 0 Å². The monoisotopic (exact) mass is 193 g/mol. The zero-order valence-corrected chi connectivity index (χ0v) is 8.96. The highest BCUT2D eigenvalue weighted by Gasteiger charge is 2.04. The van der Waals surface area contributed by atoms with Gasteiger partial charge in [-0.2, -0.15) is 0 Å². The fraction of sp³-hybridized carbons (Fsp3) is 0.545. The summed E-state index contributed by atoms with van der Waals surface area (Å²) in [7, 11) is 0. The predicted molar refractivity (Wildman–Crippen MR) is 61.3 cm³/mol. The van der Waals surface area contributed by atoms with Crippen LogP contribution in [0.4, 0.5) is 11.5 Å². The Labute approximate surface area is 85.7 Å². The van der Waals surface area contributed by atoms with Crippen molar-refractivity contribution in [2.24, 2.45) is 0 Å². The van der Waals surface area contributed by atoms with Crippen molar-refractivity contribution in [3.63, 3.8) is 0 Å². The molecule has 1 unspecified atom stereocenters. The molecule has 14 heavy (non-hydrogen) atoms. The molecule has 3 heteroatoms. The van der Waals surface area contributed by atoms with Crippen LogP contribution in [0, 0.1) is 0 Å². The maximum absolute atomic E-state index is 5.56. The molecule has 0 fully saturated rings. The summed E-state index contributed by atoms with van der Waals surface area (Å²) in [6.07, 6.45) is 5.18. The second-order valence-corrected chi connectivity index (χ2v) is 3.51. The Morgan fingerprint density at radius 2 is 2.21 bits per heavy atom. The third-order valence-corrected chi connectivity index (χ3v) is 2.27. The highest BCUT2D eigenvalue weighted by atomic mass is 15.0. The molecule has 1 atom stereocenters. The molecule has 3 nitrogen and oxygen atoms in total. The van der Waals surface area contributed by atoms with Crippen LogP contribution in [0.1, 0.15) is 33.1 Å². The molecule has 0 aliphatic rings. The molecule has 3 N–H and O–H groups in total. The van der Waals surface area contributed by atoms with Gasteiger partial charge in [0.25, 0.3) is 0 Å². The molecule has 78 valence electrons. The fourth-order valence-electron chi connectivity index (χ4n) is 1.43. The van der Waals surface area contributed by atoms with E-state index in [1.54, 1.807) is 6.20 Å². The molecule has 0 aliphatic carbocycles. The lowest BCUT2D eigenvalue weighted by Crippen LogP contribution is -2.18.